The van der Waals surface area contributed by atoms with Gasteiger partial charge in [0.25, 0.3) is 5.69 Å². The van der Waals surface area contributed by atoms with Crippen LogP contribution in [0.2, 0.25) is 0 Å². The number of para-hydroxylation sites is 2. The summed E-state index contributed by atoms with van der Waals surface area (Å²) in [5.41, 5.74) is 5.59. The van der Waals surface area contributed by atoms with Gasteiger partial charge >= 0.3 is 0 Å². The Hall–Kier alpha value is -3.07. The number of carbonyl (C=O) groups excluding carboxylic acids is 1. The summed E-state index contributed by atoms with van der Waals surface area (Å²) < 4.78 is 0. The molecule has 2 heterocycles. The van der Waals surface area contributed by atoms with Crippen LogP contribution in [0.15, 0.2) is 48.5 Å². The van der Waals surface area contributed by atoms with Crippen LogP contribution in [0.3, 0.4) is 0 Å². The number of nitrogens with zero attached hydrogens (tertiary/aromatic N) is 3. The zero-order valence-corrected chi connectivity index (χ0v) is 14.4. The zero-order chi connectivity index (χ0) is 18.1. The lowest BCUT2D eigenvalue weighted by Gasteiger charge is -2.35. The fourth-order valence-electron chi connectivity index (χ4n) is 2.83. The van der Waals surface area contributed by atoms with E-state index in [1.54, 1.807) is 23.9 Å². The normalized spacial score (nSPS) is 17.5. The van der Waals surface area contributed by atoms with Gasteiger partial charge in [-0.15, -0.1) is 11.8 Å². The third-order valence-corrected chi connectivity index (χ3v) is 5.34. The van der Waals surface area contributed by atoms with E-state index in [4.69, 9.17) is 0 Å². The SMILES string of the molecule is O=C1CCSC(c2ccc([N+](=O)[O-])cc2)N1Nc1nc2ccccc2[nH]1. The second kappa shape index (κ2) is 6.68. The van der Waals surface area contributed by atoms with Crippen LogP contribution in [0.4, 0.5) is 11.6 Å². The molecule has 1 aliphatic heterocycles. The molecule has 1 saturated heterocycles. The first-order valence-corrected chi connectivity index (χ1v) is 9.06. The van der Waals surface area contributed by atoms with Crippen LogP contribution in [-0.4, -0.2) is 31.6 Å². The molecule has 1 aromatic heterocycles. The van der Waals surface area contributed by atoms with E-state index in [9.17, 15) is 14.9 Å². The summed E-state index contributed by atoms with van der Waals surface area (Å²) in [5.74, 6) is 1.13. The molecule has 132 valence electrons. The number of amides is 1. The van der Waals surface area contributed by atoms with E-state index >= 15 is 0 Å². The molecule has 4 rings (SSSR count). The number of aromatic nitrogens is 2. The van der Waals surface area contributed by atoms with Crippen LogP contribution in [0.5, 0.6) is 0 Å². The maximum atomic E-state index is 12.5. The van der Waals surface area contributed by atoms with Gasteiger partial charge in [0.15, 0.2) is 0 Å². The van der Waals surface area contributed by atoms with E-state index < -0.39 is 4.92 Å². The quantitative estimate of drug-likeness (QED) is 0.539. The van der Waals surface area contributed by atoms with Crippen molar-refractivity contribution in [3.8, 4) is 0 Å². The van der Waals surface area contributed by atoms with Gasteiger partial charge in [-0.25, -0.2) is 9.99 Å². The van der Waals surface area contributed by atoms with Crippen molar-refractivity contribution in [2.75, 3.05) is 11.2 Å². The summed E-state index contributed by atoms with van der Waals surface area (Å²) in [7, 11) is 0. The van der Waals surface area contributed by atoms with Crippen molar-refractivity contribution in [1.82, 2.24) is 15.0 Å². The molecule has 1 unspecified atom stereocenters. The van der Waals surface area contributed by atoms with E-state index in [0.717, 1.165) is 16.6 Å². The average Bonchev–Trinajstić information content (AvgIpc) is 3.06. The molecule has 0 radical (unpaired) electrons. The molecule has 1 fully saturated rings. The number of nitro benzene ring substituents is 1. The highest BCUT2D eigenvalue weighted by molar-refractivity contribution is 7.99. The van der Waals surface area contributed by atoms with E-state index in [2.05, 4.69) is 15.4 Å². The van der Waals surface area contributed by atoms with E-state index in [-0.39, 0.29) is 17.0 Å². The predicted octanol–water partition coefficient (Wildman–Crippen LogP) is 3.46. The molecular weight excluding hydrogens is 354 g/mol. The Kier molecular flexibility index (Phi) is 4.21. The van der Waals surface area contributed by atoms with E-state index in [1.807, 2.05) is 24.3 Å². The number of carbonyl (C=O) groups is 1. The van der Waals surface area contributed by atoms with Crippen molar-refractivity contribution >= 4 is 40.3 Å². The number of benzene rings is 2. The lowest BCUT2D eigenvalue weighted by molar-refractivity contribution is -0.384. The lowest BCUT2D eigenvalue weighted by Crippen LogP contribution is -2.41. The Morgan fingerprint density at radius 3 is 2.73 bits per heavy atom. The smallest absolute Gasteiger partial charge is 0.269 e. The molecule has 0 bridgehead atoms. The summed E-state index contributed by atoms with van der Waals surface area (Å²) in [4.78, 5) is 30.5. The van der Waals surface area contributed by atoms with Crippen molar-refractivity contribution in [3.05, 3.63) is 64.2 Å². The monoisotopic (exact) mass is 369 g/mol. The van der Waals surface area contributed by atoms with Gasteiger partial charge in [-0.1, -0.05) is 12.1 Å². The standard InChI is InChI=1S/C17H15N5O3S/c23-15-9-10-26-16(11-5-7-12(8-6-11)22(24)25)21(15)20-17-18-13-3-1-2-4-14(13)19-17/h1-8,16H,9-10H2,(H2,18,19,20). The number of hydrogen-bond acceptors (Lipinski definition) is 6. The largest absolute Gasteiger partial charge is 0.323 e. The molecule has 9 heteroatoms. The second-order valence-electron chi connectivity index (χ2n) is 5.80. The van der Waals surface area contributed by atoms with Gasteiger partial charge < -0.3 is 4.98 Å². The van der Waals surface area contributed by atoms with E-state index in [0.29, 0.717) is 18.1 Å². The number of nitro groups is 1. The molecule has 1 amide bonds. The number of nitrogens with one attached hydrogen (secondary N) is 2. The van der Waals surface area contributed by atoms with Gasteiger partial charge in [-0.05, 0) is 29.8 Å². The van der Waals surface area contributed by atoms with Crippen LogP contribution >= 0.6 is 11.8 Å². The number of imidazole rings is 1. The molecule has 0 saturated carbocycles. The first-order valence-electron chi connectivity index (χ1n) is 8.01. The minimum absolute atomic E-state index is 0.0256. The number of H-pyrrole nitrogens is 1. The number of anilines is 1. The van der Waals surface area contributed by atoms with Crippen LogP contribution < -0.4 is 5.43 Å². The summed E-state index contributed by atoms with van der Waals surface area (Å²) >= 11 is 1.60. The number of aromatic amines is 1. The van der Waals surface area contributed by atoms with Crippen LogP contribution in [0.1, 0.15) is 17.4 Å². The van der Waals surface area contributed by atoms with Gasteiger partial charge in [-0.3, -0.25) is 20.3 Å². The highest BCUT2D eigenvalue weighted by Gasteiger charge is 2.31. The summed E-state index contributed by atoms with van der Waals surface area (Å²) in [6.45, 7) is 0. The number of thioether (sulfide) groups is 1. The summed E-state index contributed by atoms with van der Waals surface area (Å²) in [6.07, 6.45) is 0.418. The molecule has 8 nitrogen and oxygen atoms in total. The van der Waals surface area contributed by atoms with Gasteiger partial charge in [0, 0.05) is 24.3 Å². The first-order chi connectivity index (χ1) is 12.6. The van der Waals surface area contributed by atoms with Gasteiger partial charge in [0.05, 0.1) is 16.0 Å². The van der Waals surface area contributed by atoms with Gasteiger partial charge in [0.2, 0.25) is 11.9 Å². The number of fused-ring (bicyclic) bond motifs is 1. The van der Waals surface area contributed by atoms with Crippen molar-refractivity contribution < 1.29 is 9.72 Å². The number of hydrazine groups is 1. The minimum atomic E-state index is -0.437. The molecule has 2 N–H and O–H groups in total. The topological polar surface area (TPSA) is 104 Å². The summed E-state index contributed by atoms with van der Waals surface area (Å²) in [5, 5.41) is 12.1. The molecule has 1 aliphatic rings. The van der Waals surface area contributed by atoms with Gasteiger partial charge in [-0.2, -0.15) is 0 Å². The third kappa shape index (κ3) is 3.08. The fourth-order valence-corrected chi connectivity index (χ4v) is 4.02. The third-order valence-electron chi connectivity index (χ3n) is 4.10. The fraction of sp³-hybridized carbons (Fsp3) is 0.176. The second-order valence-corrected chi connectivity index (χ2v) is 6.99. The number of rotatable bonds is 4. The zero-order valence-electron chi connectivity index (χ0n) is 13.6. The molecule has 26 heavy (non-hydrogen) atoms. The Bertz CT molecular complexity index is 939. The lowest BCUT2D eigenvalue weighted by atomic mass is 10.2. The molecule has 1 atom stereocenters. The molecule has 2 aromatic carbocycles. The molecule has 3 aromatic rings. The maximum Gasteiger partial charge on any atom is 0.269 e. The Labute approximate surface area is 152 Å². The van der Waals surface area contributed by atoms with E-state index in [1.165, 1.54) is 17.1 Å². The number of hydrogen-bond donors (Lipinski definition) is 2. The predicted molar refractivity (Wildman–Crippen MR) is 99.5 cm³/mol. The van der Waals surface area contributed by atoms with Crippen LogP contribution in [0.25, 0.3) is 11.0 Å². The van der Waals surface area contributed by atoms with Crippen molar-refractivity contribution in [2.45, 2.75) is 11.8 Å². The first kappa shape index (κ1) is 16.4. The minimum Gasteiger partial charge on any atom is -0.323 e. The Morgan fingerprint density at radius 2 is 2.00 bits per heavy atom. The Balaban J connectivity index is 1.62. The Morgan fingerprint density at radius 1 is 1.23 bits per heavy atom. The van der Waals surface area contributed by atoms with Crippen molar-refractivity contribution in [2.24, 2.45) is 0 Å². The van der Waals surface area contributed by atoms with Gasteiger partial charge in [0.1, 0.15) is 5.37 Å². The van der Waals surface area contributed by atoms with Crippen molar-refractivity contribution in [1.29, 1.82) is 0 Å². The van der Waals surface area contributed by atoms with Crippen LogP contribution in [-0.2, 0) is 4.79 Å². The highest BCUT2D eigenvalue weighted by atomic mass is 32.2. The molecule has 0 spiro atoms. The highest BCUT2D eigenvalue weighted by Crippen LogP contribution is 2.37. The van der Waals surface area contributed by atoms with Crippen LogP contribution in [0, 0.1) is 10.1 Å². The number of non-ortho nitro benzene ring substituents is 1. The summed E-state index contributed by atoms with van der Waals surface area (Å²) in [6, 6.07) is 13.9. The van der Waals surface area contributed by atoms with Crippen molar-refractivity contribution in [3.63, 3.8) is 0 Å². The molecule has 0 aliphatic carbocycles. The average molecular weight is 369 g/mol. The molecular formula is C17H15N5O3S. The maximum absolute atomic E-state index is 12.5.